The fourth-order valence-corrected chi connectivity index (χ4v) is 3.05. The first kappa shape index (κ1) is 14.3. The molecule has 20 heavy (non-hydrogen) atoms. The van der Waals surface area contributed by atoms with Crippen LogP contribution in [0.15, 0.2) is 24.3 Å². The Morgan fingerprint density at radius 2 is 1.85 bits per heavy atom. The van der Waals surface area contributed by atoms with E-state index in [1.807, 2.05) is 0 Å². The highest BCUT2D eigenvalue weighted by molar-refractivity contribution is 7.91. The van der Waals surface area contributed by atoms with Crippen molar-refractivity contribution in [1.82, 2.24) is 4.90 Å². The van der Waals surface area contributed by atoms with Gasteiger partial charge in [-0.05, 0) is 18.2 Å². The van der Waals surface area contributed by atoms with Crippen molar-refractivity contribution in [1.29, 1.82) is 0 Å². The minimum absolute atomic E-state index is 0.0460. The third-order valence-corrected chi connectivity index (χ3v) is 4.60. The summed E-state index contributed by atoms with van der Waals surface area (Å²) in [4.78, 5) is 24.2. The van der Waals surface area contributed by atoms with E-state index in [1.165, 1.54) is 23.1 Å². The Morgan fingerprint density at radius 3 is 2.45 bits per heavy atom. The molecule has 2 N–H and O–H groups in total. The molecule has 1 aliphatic heterocycles. The van der Waals surface area contributed by atoms with Crippen LogP contribution in [-0.4, -0.2) is 55.0 Å². The van der Waals surface area contributed by atoms with E-state index >= 15 is 0 Å². The van der Waals surface area contributed by atoms with E-state index in [2.05, 4.69) is 5.32 Å². The molecule has 1 aliphatic rings. The molecule has 0 radical (unpaired) electrons. The summed E-state index contributed by atoms with van der Waals surface area (Å²) in [5.41, 5.74) is 0.437. The number of rotatable bonds is 2. The Kier molecular flexibility index (Phi) is 3.93. The largest absolute Gasteiger partial charge is 0.478 e. The molecule has 8 heteroatoms. The Balaban J connectivity index is 2.02. The Labute approximate surface area is 116 Å². The zero-order valence-corrected chi connectivity index (χ0v) is 11.4. The normalized spacial score (nSPS) is 17.5. The highest BCUT2D eigenvalue weighted by atomic mass is 32.2. The summed E-state index contributed by atoms with van der Waals surface area (Å²) in [7, 11) is -3.04. The van der Waals surface area contributed by atoms with E-state index in [1.54, 1.807) is 6.07 Å². The molecule has 0 unspecified atom stereocenters. The fourth-order valence-electron chi connectivity index (χ4n) is 1.85. The van der Waals surface area contributed by atoms with Gasteiger partial charge in [0.2, 0.25) is 0 Å². The molecular formula is C12H14N2O5S. The number of carboxylic acid groups (broad SMARTS) is 1. The van der Waals surface area contributed by atoms with Crippen molar-refractivity contribution in [2.75, 3.05) is 29.9 Å². The van der Waals surface area contributed by atoms with Gasteiger partial charge in [0.25, 0.3) is 0 Å². The van der Waals surface area contributed by atoms with Gasteiger partial charge in [-0.25, -0.2) is 18.0 Å². The smallest absolute Gasteiger partial charge is 0.335 e. The van der Waals surface area contributed by atoms with E-state index < -0.39 is 21.8 Å². The topological polar surface area (TPSA) is 104 Å². The number of carboxylic acids is 1. The van der Waals surface area contributed by atoms with Crippen LogP contribution >= 0.6 is 0 Å². The summed E-state index contributed by atoms with van der Waals surface area (Å²) in [6, 6.07) is 5.44. The Hall–Kier alpha value is -2.09. The van der Waals surface area contributed by atoms with Gasteiger partial charge in [0.05, 0.1) is 17.1 Å². The fraction of sp³-hybridized carbons (Fsp3) is 0.333. The quantitative estimate of drug-likeness (QED) is 0.834. The van der Waals surface area contributed by atoms with Crippen molar-refractivity contribution in [3.8, 4) is 0 Å². The summed E-state index contributed by atoms with van der Waals surface area (Å²) >= 11 is 0. The number of benzene rings is 1. The number of hydrogen-bond acceptors (Lipinski definition) is 4. The third-order valence-electron chi connectivity index (χ3n) is 2.99. The van der Waals surface area contributed by atoms with Crippen LogP contribution < -0.4 is 5.32 Å². The molecule has 1 aromatic carbocycles. The van der Waals surface area contributed by atoms with Crippen LogP contribution in [0, 0.1) is 0 Å². The number of anilines is 1. The molecule has 1 fully saturated rings. The number of nitrogens with zero attached hydrogens (tertiary/aromatic N) is 1. The summed E-state index contributed by atoms with van der Waals surface area (Å²) < 4.78 is 22.5. The molecule has 7 nitrogen and oxygen atoms in total. The predicted molar refractivity (Wildman–Crippen MR) is 72.6 cm³/mol. The van der Waals surface area contributed by atoms with Crippen LogP contribution in [0.2, 0.25) is 0 Å². The molecule has 0 aromatic heterocycles. The molecule has 0 atom stereocenters. The number of aromatic carboxylic acids is 1. The maximum absolute atomic E-state index is 11.9. The lowest BCUT2D eigenvalue weighted by Crippen LogP contribution is -2.45. The second kappa shape index (κ2) is 5.49. The maximum atomic E-state index is 11.9. The van der Waals surface area contributed by atoms with Gasteiger partial charge < -0.3 is 15.3 Å². The number of carbonyl (C=O) groups is 2. The summed E-state index contributed by atoms with van der Waals surface area (Å²) in [5.74, 6) is -1.17. The minimum atomic E-state index is -3.04. The molecule has 1 heterocycles. The average Bonchev–Trinajstić information content (AvgIpc) is 2.38. The summed E-state index contributed by atoms with van der Waals surface area (Å²) in [6.45, 7) is 0.291. The summed E-state index contributed by atoms with van der Waals surface area (Å²) in [6.07, 6.45) is 0. The molecule has 1 aromatic rings. The number of carbonyl (C=O) groups excluding carboxylic acids is 1. The van der Waals surface area contributed by atoms with Crippen molar-refractivity contribution in [3.05, 3.63) is 29.8 Å². The van der Waals surface area contributed by atoms with E-state index in [9.17, 15) is 18.0 Å². The molecule has 0 spiro atoms. The predicted octanol–water partition coefficient (Wildman–Crippen LogP) is 0.647. The van der Waals surface area contributed by atoms with Crippen molar-refractivity contribution in [2.45, 2.75) is 0 Å². The highest BCUT2D eigenvalue weighted by Crippen LogP contribution is 2.12. The molecular weight excluding hydrogens is 284 g/mol. The van der Waals surface area contributed by atoms with Gasteiger partial charge in [-0.1, -0.05) is 6.07 Å². The molecule has 1 saturated heterocycles. The van der Waals surface area contributed by atoms with Crippen LogP contribution in [0.4, 0.5) is 10.5 Å². The SMILES string of the molecule is O=C(O)c1cccc(NC(=O)N2CCS(=O)(=O)CC2)c1. The van der Waals surface area contributed by atoms with E-state index in [0.717, 1.165) is 0 Å². The van der Waals surface area contributed by atoms with Crippen LogP contribution in [0.5, 0.6) is 0 Å². The van der Waals surface area contributed by atoms with Gasteiger partial charge in [0.1, 0.15) is 0 Å². The van der Waals surface area contributed by atoms with Gasteiger partial charge in [-0.15, -0.1) is 0 Å². The van der Waals surface area contributed by atoms with Crippen LogP contribution in [0.25, 0.3) is 0 Å². The second-order valence-electron chi connectivity index (χ2n) is 4.45. The van der Waals surface area contributed by atoms with Crippen LogP contribution in [0.3, 0.4) is 0 Å². The minimum Gasteiger partial charge on any atom is -0.478 e. The average molecular weight is 298 g/mol. The van der Waals surface area contributed by atoms with E-state index in [0.29, 0.717) is 5.69 Å². The molecule has 108 valence electrons. The zero-order chi connectivity index (χ0) is 14.8. The first-order valence-corrected chi connectivity index (χ1v) is 7.79. The van der Waals surface area contributed by atoms with Crippen LogP contribution in [0.1, 0.15) is 10.4 Å². The van der Waals surface area contributed by atoms with Crippen LogP contribution in [-0.2, 0) is 9.84 Å². The lowest BCUT2D eigenvalue weighted by molar-refractivity contribution is 0.0697. The Bertz CT molecular complexity index is 627. The first-order valence-electron chi connectivity index (χ1n) is 5.97. The maximum Gasteiger partial charge on any atom is 0.335 e. The molecule has 2 rings (SSSR count). The van der Waals surface area contributed by atoms with Gasteiger partial charge >= 0.3 is 12.0 Å². The zero-order valence-electron chi connectivity index (χ0n) is 10.6. The van der Waals surface area contributed by atoms with Crippen molar-refractivity contribution >= 4 is 27.5 Å². The van der Waals surface area contributed by atoms with Crippen molar-refractivity contribution in [3.63, 3.8) is 0 Å². The van der Waals surface area contributed by atoms with Gasteiger partial charge in [0.15, 0.2) is 9.84 Å². The van der Waals surface area contributed by atoms with E-state index in [4.69, 9.17) is 5.11 Å². The number of hydrogen-bond donors (Lipinski definition) is 2. The highest BCUT2D eigenvalue weighted by Gasteiger charge is 2.25. The molecule has 2 amide bonds. The lowest BCUT2D eigenvalue weighted by Gasteiger charge is -2.26. The molecule has 0 aliphatic carbocycles. The standard InChI is InChI=1S/C12H14N2O5S/c15-11(16)9-2-1-3-10(8-9)13-12(17)14-4-6-20(18,19)7-5-14/h1-3,8H,4-7H2,(H,13,17)(H,15,16). The number of nitrogens with one attached hydrogen (secondary N) is 1. The van der Waals surface area contributed by atoms with Gasteiger partial charge in [-0.2, -0.15) is 0 Å². The third kappa shape index (κ3) is 3.47. The van der Waals surface area contributed by atoms with Crippen molar-refractivity contribution < 1.29 is 23.1 Å². The van der Waals surface area contributed by atoms with Gasteiger partial charge in [-0.3, -0.25) is 0 Å². The van der Waals surface area contributed by atoms with Gasteiger partial charge in [0, 0.05) is 18.8 Å². The van der Waals surface area contributed by atoms with Crippen molar-refractivity contribution in [2.24, 2.45) is 0 Å². The number of amides is 2. The lowest BCUT2D eigenvalue weighted by atomic mass is 10.2. The van der Waals surface area contributed by atoms with E-state index in [-0.39, 0.29) is 30.2 Å². The second-order valence-corrected chi connectivity index (χ2v) is 6.76. The Morgan fingerprint density at radius 1 is 1.20 bits per heavy atom. The monoisotopic (exact) mass is 298 g/mol. The number of urea groups is 1. The molecule has 0 saturated carbocycles. The molecule has 0 bridgehead atoms. The first-order chi connectivity index (χ1) is 9.37. The number of sulfone groups is 1. The summed E-state index contributed by atoms with van der Waals surface area (Å²) in [5, 5.41) is 11.4.